The number of carbonyl (C=O) groups is 1. The number of unbranched alkanes of at least 4 members (excludes halogenated alkanes) is 1. The zero-order valence-corrected chi connectivity index (χ0v) is 15.6. The van der Waals surface area contributed by atoms with E-state index < -0.39 is 11.7 Å². The molecule has 0 aliphatic carbocycles. The van der Waals surface area contributed by atoms with Crippen LogP contribution in [0.25, 0.3) is 0 Å². The standard InChI is InChI=1S/C16H23BrClNO3/c1-16(2,3)22-15(20)19-11-12-10-13(18)6-7-14(12)21-9-5-4-8-17/h6-7,10H,4-5,8-9,11H2,1-3H3,(H,19,20). The Bertz CT molecular complexity index is 489. The van der Waals surface area contributed by atoms with Crippen molar-refractivity contribution in [2.75, 3.05) is 11.9 Å². The molecule has 0 fully saturated rings. The monoisotopic (exact) mass is 391 g/mol. The molecule has 0 bridgehead atoms. The molecule has 0 saturated carbocycles. The molecule has 0 unspecified atom stereocenters. The lowest BCUT2D eigenvalue weighted by Crippen LogP contribution is -2.32. The van der Waals surface area contributed by atoms with Crippen molar-refractivity contribution in [3.63, 3.8) is 0 Å². The highest BCUT2D eigenvalue weighted by molar-refractivity contribution is 9.09. The zero-order chi connectivity index (χ0) is 16.6. The van der Waals surface area contributed by atoms with E-state index in [1.807, 2.05) is 26.8 Å². The molecule has 1 aromatic carbocycles. The number of nitrogens with one attached hydrogen (secondary N) is 1. The van der Waals surface area contributed by atoms with Crippen LogP contribution in [0.3, 0.4) is 0 Å². The van der Waals surface area contributed by atoms with E-state index in [0.717, 1.165) is 29.5 Å². The van der Waals surface area contributed by atoms with Crippen LogP contribution in [-0.2, 0) is 11.3 Å². The number of benzene rings is 1. The summed E-state index contributed by atoms with van der Waals surface area (Å²) in [7, 11) is 0. The third kappa shape index (κ3) is 7.90. The van der Waals surface area contributed by atoms with Crippen LogP contribution in [0, 0.1) is 0 Å². The Morgan fingerprint density at radius 1 is 1.32 bits per heavy atom. The summed E-state index contributed by atoms with van der Waals surface area (Å²) in [5.41, 5.74) is 0.310. The number of hydrogen-bond donors (Lipinski definition) is 1. The molecule has 1 aromatic rings. The van der Waals surface area contributed by atoms with E-state index in [4.69, 9.17) is 21.1 Å². The lowest BCUT2D eigenvalue weighted by atomic mass is 10.2. The first kappa shape index (κ1) is 19.1. The van der Waals surface area contributed by atoms with Gasteiger partial charge in [-0.25, -0.2) is 4.79 Å². The van der Waals surface area contributed by atoms with Gasteiger partial charge in [0.15, 0.2) is 0 Å². The SMILES string of the molecule is CC(C)(C)OC(=O)NCc1cc(Cl)ccc1OCCCCBr. The fourth-order valence-corrected chi connectivity index (χ4v) is 2.28. The van der Waals surface area contributed by atoms with Crippen molar-refractivity contribution < 1.29 is 14.3 Å². The Morgan fingerprint density at radius 3 is 2.68 bits per heavy atom. The van der Waals surface area contributed by atoms with Crippen LogP contribution in [0.2, 0.25) is 5.02 Å². The second-order valence-electron chi connectivity index (χ2n) is 5.85. The van der Waals surface area contributed by atoms with Crippen LogP contribution >= 0.6 is 27.5 Å². The van der Waals surface area contributed by atoms with Gasteiger partial charge in [0.05, 0.1) is 6.61 Å². The van der Waals surface area contributed by atoms with Crippen LogP contribution in [0.1, 0.15) is 39.2 Å². The summed E-state index contributed by atoms with van der Waals surface area (Å²) in [5, 5.41) is 4.29. The van der Waals surface area contributed by atoms with Gasteiger partial charge in [0, 0.05) is 22.5 Å². The molecule has 0 aromatic heterocycles. The van der Waals surface area contributed by atoms with Gasteiger partial charge in [0.1, 0.15) is 11.4 Å². The van der Waals surface area contributed by atoms with Crippen LogP contribution in [-0.4, -0.2) is 23.6 Å². The molecule has 0 atom stereocenters. The predicted molar refractivity (Wildman–Crippen MR) is 93.0 cm³/mol. The maximum absolute atomic E-state index is 11.7. The Balaban J connectivity index is 2.60. The summed E-state index contributed by atoms with van der Waals surface area (Å²) in [4.78, 5) is 11.7. The van der Waals surface area contributed by atoms with Gasteiger partial charge in [-0.3, -0.25) is 0 Å². The van der Waals surface area contributed by atoms with Crippen molar-refractivity contribution in [1.82, 2.24) is 5.32 Å². The number of ether oxygens (including phenoxy) is 2. The largest absolute Gasteiger partial charge is 0.493 e. The van der Waals surface area contributed by atoms with E-state index >= 15 is 0 Å². The van der Waals surface area contributed by atoms with Crippen molar-refractivity contribution in [3.8, 4) is 5.75 Å². The van der Waals surface area contributed by atoms with Crippen LogP contribution in [0.5, 0.6) is 5.75 Å². The van der Waals surface area contributed by atoms with Crippen molar-refractivity contribution in [2.24, 2.45) is 0 Å². The normalized spacial score (nSPS) is 11.1. The summed E-state index contributed by atoms with van der Waals surface area (Å²) >= 11 is 9.41. The Hall–Kier alpha value is -0.940. The highest BCUT2D eigenvalue weighted by atomic mass is 79.9. The minimum atomic E-state index is -0.520. The molecule has 4 nitrogen and oxygen atoms in total. The molecule has 1 N–H and O–H groups in total. The van der Waals surface area contributed by atoms with Gasteiger partial charge in [-0.05, 0) is 51.8 Å². The third-order valence-electron chi connectivity index (χ3n) is 2.63. The summed E-state index contributed by atoms with van der Waals surface area (Å²) in [6.07, 6.45) is 1.56. The lowest BCUT2D eigenvalue weighted by Gasteiger charge is -2.20. The Kier molecular flexibility index (Phi) is 8.04. The van der Waals surface area contributed by atoms with E-state index in [-0.39, 0.29) is 0 Å². The lowest BCUT2D eigenvalue weighted by molar-refractivity contribution is 0.0523. The molecule has 22 heavy (non-hydrogen) atoms. The van der Waals surface area contributed by atoms with Gasteiger partial charge < -0.3 is 14.8 Å². The molecule has 0 saturated heterocycles. The minimum Gasteiger partial charge on any atom is -0.493 e. The average Bonchev–Trinajstić information content (AvgIpc) is 2.41. The second kappa shape index (κ2) is 9.26. The highest BCUT2D eigenvalue weighted by Crippen LogP contribution is 2.23. The van der Waals surface area contributed by atoms with Crippen molar-refractivity contribution in [2.45, 2.75) is 45.8 Å². The number of carbonyl (C=O) groups excluding carboxylic acids is 1. The minimum absolute atomic E-state index is 0.309. The van der Waals surface area contributed by atoms with Crippen LogP contribution in [0.4, 0.5) is 4.79 Å². The van der Waals surface area contributed by atoms with E-state index in [2.05, 4.69) is 21.2 Å². The van der Waals surface area contributed by atoms with Gasteiger partial charge in [-0.15, -0.1) is 0 Å². The van der Waals surface area contributed by atoms with Gasteiger partial charge >= 0.3 is 6.09 Å². The molecule has 1 rings (SSSR count). The zero-order valence-electron chi connectivity index (χ0n) is 13.2. The molecule has 6 heteroatoms. The highest BCUT2D eigenvalue weighted by Gasteiger charge is 2.16. The Morgan fingerprint density at radius 2 is 2.05 bits per heavy atom. The topological polar surface area (TPSA) is 47.6 Å². The summed E-state index contributed by atoms with van der Waals surface area (Å²) in [5.74, 6) is 0.732. The quantitative estimate of drug-likeness (QED) is 0.529. The van der Waals surface area contributed by atoms with E-state index in [9.17, 15) is 4.79 Å². The first-order valence-electron chi connectivity index (χ1n) is 7.26. The Labute approximate surface area is 145 Å². The van der Waals surface area contributed by atoms with Gasteiger partial charge in [-0.1, -0.05) is 27.5 Å². The fraction of sp³-hybridized carbons (Fsp3) is 0.562. The van der Waals surface area contributed by atoms with Gasteiger partial charge in [0.25, 0.3) is 0 Å². The van der Waals surface area contributed by atoms with Gasteiger partial charge in [-0.2, -0.15) is 0 Å². The number of amides is 1. The number of rotatable bonds is 7. The van der Waals surface area contributed by atoms with Crippen molar-refractivity contribution in [1.29, 1.82) is 0 Å². The van der Waals surface area contributed by atoms with Crippen LogP contribution in [0.15, 0.2) is 18.2 Å². The molecular weight excluding hydrogens is 370 g/mol. The van der Waals surface area contributed by atoms with Gasteiger partial charge in [0.2, 0.25) is 0 Å². The molecule has 0 spiro atoms. The second-order valence-corrected chi connectivity index (χ2v) is 7.08. The molecule has 0 radical (unpaired) electrons. The summed E-state index contributed by atoms with van der Waals surface area (Å²) in [6, 6.07) is 5.39. The summed E-state index contributed by atoms with van der Waals surface area (Å²) < 4.78 is 11.0. The number of hydrogen-bond acceptors (Lipinski definition) is 3. The average molecular weight is 393 g/mol. The molecular formula is C16H23BrClNO3. The van der Waals surface area contributed by atoms with E-state index in [0.29, 0.717) is 18.2 Å². The molecule has 0 heterocycles. The number of alkyl carbamates (subject to hydrolysis) is 1. The predicted octanol–water partition coefficient (Wildman–Crippen LogP) is 4.92. The number of alkyl halides is 1. The maximum atomic E-state index is 11.7. The first-order valence-corrected chi connectivity index (χ1v) is 8.76. The first-order chi connectivity index (χ1) is 10.3. The molecule has 0 aliphatic heterocycles. The third-order valence-corrected chi connectivity index (χ3v) is 3.43. The summed E-state index contributed by atoms with van der Waals surface area (Å²) in [6.45, 7) is 6.41. The maximum Gasteiger partial charge on any atom is 0.407 e. The van der Waals surface area contributed by atoms with Crippen molar-refractivity contribution >= 4 is 33.6 Å². The molecule has 0 aliphatic rings. The van der Waals surface area contributed by atoms with E-state index in [1.54, 1.807) is 12.1 Å². The van der Waals surface area contributed by atoms with E-state index in [1.165, 1.54) is 0 Å². The molecule has 1 amide bonds. The number of halogens is 2. The fourth-order valence-electron chi connectivity index (χ4n) is 1.69. The molecule has 124 valence electrons. The van der Waals surface area contributed by atoms with Crippen LogP contribution < -0.4 is 10.1 Å². The van der Waals surface area contributed by atoms with Crippen molar-refractivity contribution in [3.05, 3.63) is 28.8 Å². The smallest absolute Gasteiger partial charge is 0.407 e.